The van der Waals surface area contributed by atoms with E-state index in [-0.39, 0.29) is 24.4 Å². The number of rotatable bonds is 8. The number of benzene rings is 3. The van der Waals surface area contributed by atoms with Gasteiger partial charge in [-0.05, 0) is 47.0 Å². The average Bonchev–Trinajstić information content (AvgIpc) is 2.87. The molecule has 7 heteroatoms. The molecule has 0 radical (unpaired) electrons. The molecule has 1 aromatic heterocycles. The molecule has 0 aliphatic heterocycles. The maximum absolute atomic E-state index is 14.4. The highest BCUT2D eigenvalue weighted by atomic mass is 19.1. The topological polar surface area (TPSA) is 62.3 Å². The van der Waals surface area contributed by atoms with Crippen LogP contribution in [0.4, 0.5) is 14.5 Å². The zero-order chi connectivity index (χ0) is 24.6. The van der Waals surface area contributed by atoms with Crippen LogP contribution < -0.4 is 10.2 Å². The van der Waals surface area contributed by atoms with Crippen LogP contribution in [0.5, 0.6) is 0 Å². The Kier molecular flexibility index (Phi) is 7.57. The quantitative estimate of drug-likeness (QED) is 0.391. The van der Waals surface area contributed by atoms with E-state index in [0.717, 1.165) is 23.3 Å². The number of carbonyl (C=O) groups excluding carboxylic acids is 2. The highest BCUT2D eigenvalue weighted by molar-refractivity contribution is 6.06. The highest BCUT2D eigenvalue weighted by Crippen LogP contribution is 2.23. The van der Waals surface area contributed by atoms with Gasteiger partial charge in [0.05, 0.1) is 18.5 Å². The van der Waals surface area contributed by atoms with Gasteiger partial charge in [-0.1, -0.05) is 48.5 Å². The Morgan fingerprint density at radius 1 is 0.829 bits per heavy atom. The number of carbonyl (C=O) groups is 2. The molecule has 2 amide bonds. The number of aromatic nitrogens is 1. The Hall–Kier alpha value is -4.39. The second-order valence-electron chi connectivity index (χ2n) is 7.99. The molecule has 0 aliphatic carbocycles. The number of anilines is 1. The van der Waals surface area contributed by atoms with Gasteiger partial charge in [0.25, 0.3) is 5.91 Å². The van der Waals surface area contributed by atoms with E-state index in [2.05, 4.69) is 10.3 Å². The summed E-state index contributed by atoms with van der Waals surface area (Å²) >= 11 is 0. The van der Waals surface area contributed by atoms with Crippen LogP contribution in [0.15, 0.2) is 97.3 Å². The third kappa shape index (κ3) is 6.35. The number of nitrogens with zero attached hydrogens (tertiary/aromatic N) is 2. The predicted octanol–water partition coefficient (Wildman–Crippen LogP) is 5.07. The molecule has 0 spiro atoms. The van der Waals surface area contributed by atoms with Gasteiger partial charge in [0.2, 0.25) is 5.91 Å². The fraction of sp³-hybridized carbons (Fsp3) is 0.107. The molecule has 1 heterocycles. The van der Waals surface area contributed by atoms with Crippen molar-refractivity contribution in [2.75, 3.05) is 4.90 Å². The molecule has 3 aromatic carbocycles. The molecule has 0 atom stereocenters. The fourth-order valence-electron chi connectivity index (χ4n) is 3.64. The normalized spacial score (nSPS) is 10.6. The molecule has 176 valence electrons. The summed E-state index contributed by atoms with van der Waals surface area (Å²) in [6.45, 7) is 0.530. The first kappa shape index (κ1) is 23.8. The Morgan fingerprint density at radius 3 is 2.34 bits per heavy atom. The van der Waals surface area contributed by atoms with Crippen molar-refractivity contribution in [2.45, 2.75) is 19.5 Å². The zero-order valence-corrected chi connectivity index (χ0v) is 18.8. The molecule has 5 nitrogen and oxygen atoms in total. The first-order valence-electron chi connectivity index (χ1n) is 11.0. The minimum atomic E-state index is -0.931. The van der Waals surface area contributed by atoms with Crippen LogP contribution in [0.2, 0.25) is 0 Å². The Morgan fingerprint density at radius 2 is 1.60 bits per heavy atom. The zero-order valence-electron chi connectivity index (χ0n) is 18.8. The number of amides is 2. The Labute approximate surface area is 202 Å². The average molecular weight is 472 g/mol. The van der Waals surface area contributed by atoms with Crippen LogP contribution in [0.3, 0.4) is 0 Å². The van der Waals surface area contributed by atoms with Gasteiger partial charge in [-0.15, -0.1) is 0 Å². The molecule has 35 heavy (non-hydrogen) atoms. The number of hydrogen-bond acceptors (Lipinski definition) is 3. The lowest BCUT2D eigenvalue weighted by Crippen LogP contribution is -2.31. The van der Waals surface area contributed by atoms with Crippen LogP contribution >= 0.6 is 0 Å². The molecule has 1 N–H and O–H groups in total. The van der Waals surface area contributed by atoms with Crippen LogP contribution in [0.25, 0.3) is 0 Å². The second-order valence-corrected chi connectivity index (χ2v) is 7.99. The summed E-state index contributed by atoms with van der Waals surface area (Å²) in [6, 6.07) is 22.8. The predicted molar refractivity (Wildman–Crippen MR) is 130 cm³/mol. The summed E-state index contributed by atoms with van der Waals surface area (Å²) in [7, 11) is 0. The molecule has 0 bridgehead atoms. The minimum absolute atomic E-state index is 0.104. The monoisotopic (exact) mass is 471 g/mol. The van der Waals surface area contributed by atoms with Crippen molar-refractivity contribution in [1.82, 2.24) is 10.3 Å². The molecular formula is C28H23F2N3O2. The molecule has 0 saturated carbocycles. The standard InChI is InChI=1S/C28H23F2N3O2/c29-23-11-12-25(26(30)16-23)28(35)33(19-20-6-2-1-3-7-20)24-10-4-8-21(14-24)15-27(34)32-18-22-9-5-13-31-17-22/h1-14,16-17H,15,18-19H2,(H,32,34). The van der Waals surface area contributed by atoms with Gasteiger partial charge in [0.1, 0.15) is 11.6 Å². The van der Waals surface area contributed by atoms with Gasteiger partial charge in [0.15, 0.2) is 0 Å². The van der Waals surface area contributed by atoms with Crippen molar-refractivity contribution in [2.24, 2.45) is 0 Å². The van der Waals surface area contributed by atoms with Gasteiger partial charge in [0, 0.05) is 30.7 Å². The second kappa shape index (κ2) is 11.2. The van der Waals surface area contributed by atoms with Crippen molar-refractivity contribution in [3.63, 3.8) is 0 Å². The lowest BCUT2D eigenvalue weighted by molar-refractivity contribution is -0.120. The van der Waals surface area contributed by atoms with E-state index in [1.54, 1.807) is 42.7 Å². The van der Waals surface area contributed by atoms with Crippen LogP contribution in [0.1, 0.15) is 27.0 Å². The summed E-state index contributed by atoms with van der Waals surface area (Å²) in [5, 5.41) is 2.85. The van der Waals surface area contributed by atoms with Crippen molar-refractivity contribution in [1.29, 1.82) is 0 Å². The van der Waals surface area contributed by atoms with E-state index >= 15 is 0 Å². The summed E-state index contributed by atoms with van der Waals surface area (Å²) in [4.78, 5) is 31.3. The first-order valence-corrected chi connectivity index (χ1v) is 11.0. The van der Waals surface area contributed by atoms with E-state index in [0.29, 0.717) is 23.9 Å². The smallest absolute Gasteiger partial charge is 0.261 e. The summed E-state index contributed by atoms with van der Waals surface area (Å²) in [5.74, 6) is -2.48. The number of hydrogen-bond donors (Lipinski definition) is 1. The maximum atomic E-state index is 14.4. The third-order valence-corrected chi connectivity index (χ3v) is 5.39. The third-order valence-electron chi connectivity index (χ3n) is 5.39. The van der Waals surface area contributed by atoms with Crippen LogP contribution in [-0.2, 0) is 24.3 Å². The number of pyridine rings is 1. The number of nitrogens with one attached hydrogen (secondary N) is 1. The molecule has 0 fully saturated rings. The molecule has 0 unspecified atom stereocenters. The van der Waals surface area contributed by atoms with Gasteiger partial charge >= 0.3 is 0 Å². The van der Waals surface area contributed by atoms with Gasteiger partial charge in [-0.3, -0.25) is 14.6 Å². The summed E-state index contributed by atoms with van der Waals surface area (Å²) < 4.78 is 27.9. The van der Waals surface area contributed by atoms with E-state index in [1.807, 2.05) is 36.4 Å². The fourth-order valence-corrected chi connectivity index (χ4v) is 3.64. The first-order chi connectivity index (χ1) is 17.0. The molecular weight excluding hydrogens is 448 g/mol. The van der Waals surface area contributed by atoms with E-state index < -0.39 is 17.5 Å². The molecule has 4 rings (SSSR count). The SMILES string of the molecule is O=C(Cc1cccc(N(Cc2ccccc2)C(=O)c2ccc(F)cc2F)c1)NCc1cccnc1. The van der Waals surface area contributed by atoms with Crippen LogP contribution in [0, 0.1) is 11.6 Å². The lowest BCUT2D eigenvalue weighted by atomic mass is 10.1. The molecule has 4 aromatic rings. The van der Waals surface area contributed by atoms with E-state index in [9.17, 15) is 18.4 Å². The van der Waals surface area contributed by atoms with Gasteiger partial charge < -0.3 is 10.2 Å². The summed E-state index contributed by atoms with van der Waals surface area (Å²) in [6.07, 6.45) is 3.45. The van der Waals surface area contributed by atoms with Crippen molar-refractivity contribution in [3.05, 3.63) is 131 Å². The molecule has 0 saturated heterocycles. The van der Waals surface area contributed by atoms with E-state index in [4.69, 9.17) is 0 Å². The lowest BCUT2D eigenvalue weighted by Gasteiger charge is -2.24. The maximum Gasteiger partial charge on any atom is 0.261 e. The minimum Gasteiger partial charge on any atom is -0.352 e. The van der Waals surface area contributed by atoms with Crippen molar-refractivity contribution < 1.29 is 18.4 Å². The largest absolute Gasteiger partial charge is 0.352 e. The Balaban J connectivity index is 1.56. The van der Waals surface area contributed by atoms with Gasteiger partial charge in [-0.25, -0.2) is 8.78 Å². The van der Waals surface area contributed by atoms with Crippen molar-refractivity contribution in [3.8, 4) is 0 Å². The number of halogens is 2. The Bertz CT molecular complexity index is 1310. The van der Waals surface area contributed by atoms with E-state index in [1.165, 1.54) is 4.90 Å². The highest BCUT2D eigenvalue weighted by Gasteiger charge is 2.22. The van der Waals surface area contributed by atoms with Crippen molar-refractivity contribution >= 4 is 17.5 Å². The summed E-state index contributed by atoms with van der Waals surface area (Å²) in [5.41, 5.74) is 2.68. The van der Waals surface area contributed by atoms with Crippen LogP contribution in [-0.4, -0.2) is 16.8 Å². The molecule has 0 aliphatic rings. The van der Waals surface area contributed by atoms with Gasteiger partial charge in [-0.2, -0.15) is 0 Å².